The predicted octanol–water partition coefficient (Wildman–Crippen LogP) is 1.56. The standard InChI is InChI=1S/C13H17N3O/c1-9-3-2-4-11-12(9)16(13(17)15-11)10-5-7-14-8-6-10/h2-4,10,14H,5-8H2,1H3,(H,15,17). The number of rotatable bonds is 1. The molecule has 17 heavy (non-hydrogen) atoms. The number of piperidine rings is 1. The van der Waals surface area contributed by atoms with E-state index in [1.54, 1.807) is 0 Å². The van der Waals surface area contributed by atoms with Gasteiger partial charge in [-0.3, -0.25) is 4.57 Å². The van der Waals surface area contributed by atoms with Gasteiger partial charge in [-0.1, -0.05) is 12.1 Å². The van der Waals surface area contributed by atoms with E-state index in [0.717, 1.165) is 37.0 Å². The molecule has 1 aliphatic heterocycles. The molecule has 0 amide bonds. The van der Waals surface area contributed by atoms with Gasteiger partial charge in [0.1, 0.15) is 0 Å². The van der Waals surface area contributed by atoms with Crippen LogP contribution in [0.4, 0.5) is 0 Å². The molecule has 0 atom stereocenters. The van der Waals surface area contributed by atoms with Gasteiger partial charge in [0, 0.05) is 6.04 Å². The van der Waals surface area contributed by atoms with E-state index in [9.17, 15) is 4.79 Å². The van der Waals surface area contributed by atoms with Gasteiger partial charge in [0.25, 0.3) is 0 Å². The second-order valence-electron chi connectivity index (χ2n) is 4.75. The normalized spacial score (nSPS) is 17.7. The van der Waals surface area contributed by atoms with Gasteiger partial charge in [-0.15, -0.1) is 0 Å². The zero-order chi connectivity index (χ0) is 11.8. The summed E-state index contributed by atoms with van der Waals surface area (Å²) in [6.45, 7) is 4.05. The first-order valence-electron chi connectivity index (χ1n) is 6.18. The van der Waals surface area contributed by atoms with Crippen LogP contribution in [-0.4, -0.2) is 22.6 Å². The summed E-state index contributed by atoms with van der Waals surface area (Å²) in [5, 5.41) is 3.33. The molecule has 2 N–H and O–H groups in total. The quantitative estimate of drug-likeness (QED) is 0.782. The lowest BCUT2D eigenvalue weighted by atomic mass is 10.1. The number of imidazole rings is 1. The topological polar surface area (TPSA) is 49.8 Å². The minimum atomic E-state index is 0.0289. The predicted molar refractivity (Wildman–Crippen MR) is 68.4 cm³/mol. The summed E-state index contributed by atoms with van der Waals surface area (Å²) in [6.07, 6.45) is 2.06. The highest BCUT2D eigenvalue weighted by molar-refractivity contribution is 5.78. The molecular weight excluding hydrogens is 214 g/mol. The maximum absolute atomic E-state index is 12.1. The first-order valence-corrected chi connectivity index (χ1v) is 6.18. The van der Waals surface area contributed by atoms with Crippen molar-refractivity contribution in [2.24, 2.45) is 0 Å². The van der Waals surface area contributed by atoms with Crippen LogP contribution in [0.3, 0.4) is 0 Å². The van der Waals surface area contributed by atoms with Gasteiger partial charge in [0.05, 0.1) is 11.0 Å². The number of nitrogens with one attached hydrogen (secondary N) is 2. The summed E-state index contributed by atoms with van der Waals surface area (Å²) >= 11 is 0. The van der Waals surface area contributed by atoms with E-state index in [-0.39, 0.29) is 5.69 Å². The number of H-pyrrole nitrogens is 1. The summed E-state index contributed by atoms with van der Waals surface area (Å²) in [7, 11) is 0. The number of para-hydroxylation sites is 1. The van der Waals surface area contributed by atoms with E-state index in [0.29, 0.717) is 6.04 Å². The number of benzene rings is 1. The minimum absolute atomic E-state index is 0.0289. The lowest BCUT2D eigenvalue weighted by Gasteiger charge is -2.24. The number of hydrogen-bond donors (Lipinski definition) is 2. The number of hydrogen-bond acceptors (Lipinski definition) is 2. The van der Waals surface area contributed by atoms with E-state index in [1.165, 1.54) is 5.56 Å². The van der Waals surface area contributed by atoms with E-state index < -0.39 is 0 Å². The maximum atomic E-state index is 12.1. The Hall–Kier alpha value is -1.55. The van der Waals surface area contributed by atoms with Crippen LogP contribution >= 0.6 is 0 Å². The van der Waals surface area contributed by atoms with Crippen molar-refractivity contribution >= 4 is 11.0 Å². The van der Waals surface area contributed by atoms with E-state index in [2.05, 4.69) is 23.3 Å². The third-order valence-electron chi connectivity index (χ3n) is 3.61. The van der Waals surface area contributed by atoms with Crippen LogP contribution in [0, 0.1) is 6.92 Å². The molecule has 2 aromatic rings. The van der Waals surface area contributed by atoms with Crippen molar-refractivity contribution in [3.05, 3.63) is 34.2 Å². The van der Waals surface area contributed by atoms with Crippen LogP contribution in [0.1, 0.15) is 24.4 Å². The second-order valence-corrected chi connectivity index (χ2v) is 4.75. The molecule has 90 valence electrons. The van der Waals surface area contributed by atoms with Crippen molar-refractivity contribution in [3.8, 4) is 0 Å². The molecule has 1 saturated heterocycles. The molecule has 1 aliphatic rings. The monoisotopic (exact) mass is 231 g/mol. The van der Waals surface area contributed by atoms with E-state index in [4.69, 9.17) is 0 Å². The lowest BCUT2D eigenvalue weighted by molar-refractivity contribution is 0.368. The summed E-state index contributed by atoms with van der Waals surface area (Å²) < 4.78 is 1.95. The molecule has 2 heterocycles. The van der Waals surface area contributed by atoms with Crippen LogP contribution in [-0.2, 0) is 0 Å². The largest absolute Gasteiger partial charge is 0.326 e. The molecule has 0 saturated carbocycles. The number of nitrogens with zero attached hydrogens (tertiary/aromatic N) is 1. The van der Waals surface area contributed by atoms with Gasteiger partial charge in [0.2, 0.25) is 0 Å². The fourth-order valence-corrected chi connectivity index (χ4v) is 2.77. The van der Waals surface area contributed by atoms with Crippen molar-refractivity contribution in [3.63, 3.8) is 0 Å². The Morgan fingerprint density at radius 1 is 1.29 bits per heavy atom. The Kier molecular flexibility index (Phi) is 2.52. The highest BCUT2D eigenvalue weighted by atomic mass is 16.1. The number of fused-ring (bicyclic) bond motifs is 1. The molecular formula is C13H17N3O. The van der Waals surface area contributed by atoms with Crippen LogP contribution < -0.4 is 11.0 Å². The smallest absolute Gasteiger partial charge is 0.317 e. The van der Waals surface area contributed by atoms with Gasteiger partial charge in [-0.05, 0) is 44.5 Å². The minimum Gasteiger partial charge on any atom is -0.317 e. The fourth-order valence-electron chi connectivity index (χ4n) is 2.77. The van der Waals surface area contributed by atoms with Crippen molar-refractivity contribution in [2.75, 3.05) is 13.1 Å². The van der Waals surface area contributed by atoms with Crippen molar-refractivity contribution in [1.29, 1.82) is 0 Å². The van der Waals surface area contributed by atoms with Crippen LogP contribution in [0.25, 0.3) is 11.0 Å². The zero-order valence-corrected chi connectivity index (χ0v) is 9.99. The van der Waals surface area contributed by atoms with Crippen molar-refractivity contribution < 1.29 is 0 Å². The zero-order valence-electron chi connectivity index (χ0n) is 9.99. The Morgan fingerprint density at radius 2 is 2.06 bits per heavy atom. The van der Waals surface area contributed by atoms with Crippen LogP contribution in [0.2, 0.25) is 0 Å². The summed E-state index contributed by atoms with van der Waals surface area (Å²) in [6, 6.07) is 6.35. The highest BCUT2D eigenvalue weighted by Crippen LogP contribution is 2.23. The summed E-state index contributed by atoms with van der Waals surface area (Å²) in [5.41, 5.74) is 3.22. The number of aryl methyl sites for hydroxylation is 1. The first kappa shape index (κ1) is 10.6. The Morgan fingerprint density at radius 3 is 2.82 bits per heavy atom. The molecule has 3 rings (SSSR count). The van der Waals surface area contributed by atoms with Crippen molar-refractivity contribution in [1.82, 2.24) is 14.9 Å². The Bertz CT molecular complexity index is 590. The SMILES string of the molecule is Cc1cccc2[nH]c(=O)n(C3CCNCC3)c12. The molecule has 0 aliphatic carbocycles. The molecule has 1 fully saturated rings. The molecule has 0 bridgehead atoms. The first-order chi connectivity index (χ1) is 8.27. The van der Waals surface area contributed by atoms with Gasteiger partial charge >= 0.3 is 5.69 Å². The number of aromatic amines is 1. The molecule has 4 nitrogen and oxygen atoms in total. The van der Waals surface area contributed by atoms with Crippen LogP contribution in [0.5, 0.6) is 0 Å². The van der Waals surface area contributed by atoms with Crippen molar-refractivity contribution in [2.45, 2.75) is 25.8 Å². The third-order valence-corrected chi connectivity index (χ3v) is 3.61. The Labute approximate surface area is 99.6 Å². The molecule has 1 aromatic heterocycles. The van der Waals surface area contributed by atoms with Gasteiger partial charge in [0.15, 0.2) is 0 Å². The maximum Gasteiger partial charge on any atom is 0.326 e. The van der Waals surface area contributed by atoms with E-state index in [1.807, 2.05) is 16.7 Å². The summed E-state index contributed by atoms with van der Waals surface area (Å²) in [5.74, 6) is 0. The summed E-state index contributed by atoms with van der Waals surface area (Å²) in [4.78, 5) is 15.0. The average molecular weight is 231 g/mol. The van der Waals surface area contributed by atoms with Gasteiger partial charge in [-0.2, -0.15) is 0 Å². The molecule has 1 aromatic carbocycles. The molecule has 4 heteroatoms. The fraction of sp³-hybridized carbons (Fsp3) is 0.462. The molecule has 0 unspecified atom stereocenters. The molecule has 0 radical (unpaired) electrons. The number of aromatic nitrogens is 2. The second kappa shape index (κ2) is 4.04. The average Bonchev–Trinajstić information content (AvgIpc) is 2.68. The van der Waals surface area contributed by atoms with Crippen LogP contribution in [0.15, 0.2) is 23.0 Å². The Balaban J connectivity index is 2.20. The highest BCUT2D eigenvalue weighted by Gasteiger charge is 2.20. The van der Waals surface area contributed by atoms with E-state index >= 15 is 0 Å². The molecule has 0 spiro atoms. The van der Waals surface area contributed by atoms with Gasteiger partial charge < -0.3 is 10.3 Å². The van der Waals surface area contributed by atoms with Gasteiger partial charge in [-0.25, -0.2) is 4.79 Å². The lowest BCUT2D eigenvalue weighted by Crippen LogP contribution is -2.33. The third kappa shape index (κ3) is 1.69.